The fraction of sp³-hybridized carbons (Fsp3) is 0.480. The molecule has 2 aromatic heterocycles. The first kappa shape index (κ1) is 24.6. The maximum atomic E-state index is 14.4. The van der Waals surface area contributed by atoms with Crippen LogP contribution >= 0.6 is 11.6 Å². The molecule has 0 unspecified atom stereocenters. The number of anilines is 1. The first-order chi connectivity index (χ1) is 17.8. The third-order valence-electron chi connectivity index (χ3n) is 7.46. The lowest BCUT2D eigenvalue weighted by molar-refractivity contribution is -0.141. The molecule has 196 valence electrons. The molecule has 0 saturated carbocycles. The summed E-state index contributed by atoms with van der Waals surface area (Å²) in [5.74, 6) is 0.625. The minimum atomic E-state index is -4.63. The summed E-state index contributed by atoms with van der Waals surface area (Å²) >= 11 is 6.36. The van der Waals surface area contributed by atoms with Crippen molar-refractivity contribution in [1.29, 1.82) is 0 Å². The Bertz CT molecular complexity index is 1300. The fourth-order valence-corrected chi connectivity index (χ4v) is 5.74. The van der Waals surface area contributed by atoms with Crippen molar-refractivity contribution in [1.82, 2.24) is 24.6 Å². The first-order valence-electron chi connectivity index (χ1n) is 12.3. The van der Waals surface area contributed by atoms with E-state index < -0.39 is 17.7 Å². The van der Waals surface area contributed by atoms with Gasteiger partial charge in [-0.15, -0.1) is 10.2 Å². The van der Waals surface area contributed by atoms with Crippen molar-refractivity contribution in [2.45, 2.75) is 50.5 Å². The molecular formula is C25H25ClF4N6O. The molecule has 37 heavy (non-hydrogen) atoms. The van der Waals surface area contributed by atoms with Crippen LogP contribution in [0, 0.1) is 5.82 Å². The molecule has 6 rings (SSSR count). The van der Waals surface area contributed by atoms with Crippen molar-refractivity contribution < 1.29 is 22.3 Å². The number of benzene rings is 1. The SMILES string of the molecule is Fc1ccc(C(F)(F)F)nc1N1CCC(c2nnc3n2-c2ccc(Cl)cc2CN([C@@H]2CCOC2)C3)CC1. The van der Waals surface area contributed by atoms with Crippen LogP contribution in [-0.2, 0) is 24.0 Å². The maximum absolute atomic E-state index is 14.4. The highest BCUT2D eigenvalue weighted by atomic mass is 35.5. The molecule has 0 aliphatic carbocycles. The van der Waals surface area contributed by atoms with Crippen molar-refractivity contribution in [2.75, 3.05) is 31.2 Å². The number of alkyl halides is 3. The van der Waals surface area contributed by atoms with Gasteiger partial charge in [-0.25, -0.2) is 9.37 Å². The summed E-state index contributed by atoms with van der Waals surface area (Å²) < 4.78 is 61.6. The van der Waals surface area contributed by atoms with Crippen LogP contribution in [0.2, 0.25) is 5.02 Å². The van der Waals surface area contributed by atoms with Gasteiger partial charge in [0.05, 0.1) is 18.8 Å². The van der Waals surface area contributed by atoms with Crippen LogP contribution in [0.1, 0.15) is 48.1 Å². The number of fused-ring (bicyclic) bond motifs is 3. The lowest BCUT2D eigenvalue weighted by Crippen LogP contribution is -2.35. The van der Waals surface area contributed by atoms with Gasteiger partial charge in [0.25, 0.3) is 0 Å². The lowest BCUT2D eigenvalue weighted by atomic mass is 9.95. The Morgan fingerprint density at radius 1 is 1.00 bits per heavy atom. The van der Waals surface area contributed by atoms with Crippen LogP contribution in [0.15, 0.2) is 30.3 Å². The molecule has 5 heterocycles. The van der Waals surface area contributed by atoms with E-state index in [2.05, 4.69) is 24.6 Å². The second-order valence-electron chi connectivity index (χ2n) is 9.77. The fourth-order valence-electron chi connectivity index (χ4n) is 5.54. The zero-order valence-corrected chi connectivity index (χ0v) is 20.6. The Kier molecular flexibility index (Phi) is 6.32. The number of aromatic nitrogens is 4. The second-order valence-corrected chi connectivity index (χ2v) is 10.2. The highest BCUT2D eigenvalue weighted by molar-refractivity contribution is 6.30. The summed E-state index contributed by atoms with van der Waals surface area (Å²) in [6, 6.07) is 7.60. The molecule has 0 N–H and O–H groups in total. The number of piperidine rings is 1. The van der Waals surface area contributed by atoms with Gasteiger partial charge in [-0.1, -0.05) is 11.6 Å². The van der Waals surface area contributed by atoms with E-state index in [1.54, 1.807) is 4.90 Å². The Morgan fingerprint density at radius 3 is 2.54 bits per heavy atom. The minimum absolute atomic E-state index is 0.0104. The van der Waals surface area contributed by atoms with Gasteiger partial charge in [-0.3, -0.25) is 9.47 Å². The van der Waals surface area contributed by atoms with Crippen LogP contribution < -0.4 is 4.90 Å². The number of rotatable bonds is 3. The lowest BCUT2D eigenvalue weighted by Gasteiger charge is -2.33. The van der Waals surface area contributed by atoms with E-state index in [4.69, 9.17) is 16.3 Å². The number of hydrogen-bond acceptors (Lipinski definition) is 6. The molecule has 2 fully saturated rings. The highest BCUT2D eigenvalue weighted by Gasteiger charge is 2.36. The summed E-state index contributed by atoms with van der Waals surface area (Å²) in [4.78, 5) is 7.52. The zero-order chi connectivity index (χ0) is 25.7. The predicted molar refractivity (Wildman–Crippen MR) is 128 cm³/mol. The molecule has 7 nitrogen and oxygen atoms in total. The van der Waals surface area contributed by atoms with E-state index in [1.165, 1.54) is 0 Å². The van der Waals surface area contributed by atoms with Crippen LogP contribution in [0.4, 0.5) is 23.4 Å². The topological polar surface area (TPSA) is 59.3 Å². The van der Waals surface area contributed by atoms with Crippen LogP contribution in [0.3, 0.4) is 0 Å². The molecular weight excluding hydrogens is 512 g/mol. The van der Waals surface area contributed by atoms with Crippen molar-refractivity contribution >= 4 is 17.4 Å². The second kappa shape index (κ2) is 9.52. The largest absolute Gasteiger partial charge is 0.433 e. The van der Waals surface area contributed by atoms with Crippen LogP contribution in [0.25, 0.3) is 5.69 Å². The molecule has 12 heteroatoms. The Balaban J connectivity index is 1.28. The summed E-state index contributed by atoms with van der Waals surface area (Å²) in [7, 11) is 0. The minimum Gasteiger partial charge on any atom is -0.380 e. The molecule has 1 atom stereocenters. The number of ether oxygens (including phenoxy) is 1. The molecule has 3 aliphatic rings. The van der Waals surface area contributed by atoms with Crippen molar-refractivity contribution in [2.24, 2.45) is 0 Å². The molecule has 3 aromatic rings. The van der Waals surface area contributed by atoms with Gasteiger partial charge < -0.3 is 9.64 Å². The molecule has 0 amide bonds. The molecule has 0 spiro atoms. The Hall–Kier alpha value is -2.76. The highest BCUT2D eigenvalue weighted by Crippen LogP contribution is 2.36. The zero-order valence-electron chi connectivity index (χ0n) is 19.9. The molecule has 0 bridgehead atoms. The van der Waals surface area contributed by atoms with E-state index in [9.17, 15) is 17.6 Å². The quantitative estimate of drug-likeness (QED) is 0.441. The van der Waals surface area contributed by atoms with Gasteiger partial charge in [-0.05, 0) is 55.2 Å². The van der Waals surface area contributed by atoms with Gasteiger partial charge in [0, 0.05) is 43.2 Å². The Labute approximate surface area is 216 Å². The number of hydrogen-bond donors (Lipinski definition) is 0. The van der Waals surface area contributed by atoms with E-state index in [0.29, 0.717) is 56.7 Å². The monoisotopic (exact) mass is 536 g/mol. The average molecular weight is 537 g/mol. The smallest absolute Gasteiger partial charge is 0.380 e. The van der Waals surface area contributed by atoms with Gasteiger partial charge >= 0.3 is 6.18 Å². The van der Waals surface area contributed by atoms with E-state index in [1.807, 2.05) is 18.2 Å². The van der Waals surface area contributed by atoms with Crippen LogP contribution in [0.5, 0.6) is 0 Å². The van der Waals surface area contributed by atoms with Crippen molar-refractivity contribution in [3.8, 4) is 5.69 Å². The normalized spacial score (nSPS) is 21.1. The summed E-state index contributed by atoms with van der Waals surface area (Å²) in [5, 5.41) is 9.78. The van der Waals surface area contributed by atoms with Crippen LogP contribution in [-0.4, -0.2) is 57.0 Å². The number of pyridine rings is 1. The molecule has 1 aromatic carbocycles. The average Bonchev–Trinajstić information content (AvgIpc) is 3.52. The maximum Gasteiger partial charge on any atom is 0.433 e. The van der Waals surface area contributed by atoms with E-state index >= 15 is 0 Å². The van der Waals surface area contributed by atoms with Crippen molar-refractivity contribution in [3.05, 3.63) is 64.1 Å². The Morgan fingerprint density at radius 2 is 1.81 bits per heavy atom. The first-order valence-corrected chi connectivity index (χ1v) is 12.7. The molecule has 3 aliphatic heterocycles. The summed E-state index contributed by atoms with van der Waals surface area (Å²) in [5.41, 5.74) is 0.960. The molecule has 0 radical (unpaired) electrons. The van der Waals surface area contributed by atoms with Crippen molar-refractivity contribution in [3.63, 3.8) is 0 Å². The van der Waals surface area contributed by atoms with Gasteiger partial charge in [0.1, 0.15) is 11.5 Å². The van der Waals surface area contributed by atoms with E-state index in [-0.39, 0.29) is 17.8 Å². The summed E-state index contributed by atoms with van der Waals surface area (Å²) in [6.07, 6.45) is -2.51. The standard InChI is InChI=1S/C25H25ClF4N6O/c26-17-1-3-20-16(11-17)12-35(18-7-10-37-14-18)13-22-32-33-23(36(20)22)15-5-8-34(9-6-15)24-19(27)2-4-21(31-24)25(28,29)30/h1-4,11,15,18H,5-10,12-14H2/t18-/m1/s1. The van der Waals surface area contributed by atoms with Gasteiger partial charge in [0.2, 0.25) is 0 Å². The molecule has 2 saturated heterocycles. The third kappa shape index (κ3) is 4.68. The number of halogens is 5. The predicted octanol–water partition coefficient (Wildman–Crippen LogP) is 4.96. The van der Waals surface area contributed by atoms with Gasteiger partial charge in [-0.2, -0.15) is 13.2 Å². The number of nitrogens with zero attached hydrogens (tertiary/aromatic N) is 6. The third-order valence-corrected chi connectivity index (χ3v) is 7.69. The van der Waals surface area contributed by atoms with Gasteiger partial charge in [0.15, 0.2) is 17.5 Å². The van der Waals surface area contributed by atoms with E-state index in [0.717, 1.165) is 42.0 Å². The summed E-state index contributed by atoms with van der Waals surface area (Å²) in [6.45, 7) is 3.46.